The second kappa shape index (κ2) is 3.42. The number of nitrogens with zero attached hydrogens (tertiary/aromatic N) is 3. The second-order valence-corrected chi connectivity index (χ2v) is 2.40. The lowest BCUT2D eigenvalue weighted by Gasteiger charge is -2.07. The molecule has 0 aromatic rings. The molecule has 0 saturated carbocycles. The summed E-state index contributed by atoms with van der Waals surface area (Å²) in [6.07, 6.45) is 3.16. The quantitative estimate of drug-likeness (QED) is 0.487. The minimum Gasteiger partial charge on any atom is -0.212 e. The van der Waals surface area contributed by atoms with E-state index in [2.05, 4.69) is 0 Å². The van der Waals surface area contributed by atoms with Crippen molar-refractivity contribution in [1.29, 1.82) is 15.8 Å². The van der Waals surface area contributed by atoms with Gasteiger partial charge in [-0.3, -0.25) is 0 Å². The number of hydrogen-bond donors (Lipinski definition) is 0. The summed E-state index contributed by atoms with van der Waals surface area (Å²) < 4.78 is 0. The Kier molecular flexibility index (Phi) is 2.31. The van der Waals surface area contributed by atoms with Crippen LogP contribution in [0, 0.1) is 33.9 Å². The van der Waals surface area contributed by atoms with Crippen LogP contribution < -0.4 is 0 Å². The van der Waals surface area contributed by atoms with E-state index in [-0.39, 0.29) is 0 Å². The van der Waals surface area contributed by atoms with Crippen LogP contribution in [0.25, 0.3) is 0 Å². The standard InChI is InChI=1S/C8H4BN3/c10-4-7-1-2-8(5-11)9(3-7)6-12/h1-3,8H. The van der Waals surface area contributed by atoms with Crippen LogP contribution in [-0.2, 0) is 0 Å². The van der Waals surface area contributed by atoms with Crippen LogP contribution in [0.5, 0.6) is 0 Å². The van der Waals surface area contributed by atoms with Gasteiger partial charge in [-0.15, -0.1) is 0 Å². The molecule has 0 radical (unpaired) electrons. The molecule has 3 nitrogen and oxygen atoms in total. The zero-order valence-electron chi connectivity index (χ0n) is 6.23. The van der Waals surface area contributed by atoms with Crippen LogP contribution in [0.4, 0.5) is 0 Å². The molecule has 0 aromatic heterocycles. The topological polar surface area (TPSA) is 71.4 Å². The van der Waals surface area contributed by atoms with E-state index in [1.54, 1.807) is 12.2 Å². The van der Waals surface area contributed by atoms with E-state index in [9.17, 15) is 0 Å². The number of nitriles is 3. The molecular weight excluding hydrogens is 149 g/mol. The highest BCUT2D eigenvalue weighted by Gasteiger charge is 2.24. The molecule has 1 atom stereocenters. The monoisotopic (exact) mass is 153 g/mol. The molecule has 0 aliphatic carbocycles. The van der Waals surface area contributed by atoms with Gasteiger partial charge >= 0.3 is 6.71 Å². The van der Waals surface area contributed by atoms with E-state index in [1.165, 1.54) is 5.98 Å². The van der Waals surface area contributed by atoms with Crippen LogP contribution in [-0.4, -0.2) is 6.71 Å². The van der Waals surface area contributed by atoms with E-state index < -0.39 is 12.5 Å². The normalized spacial score (nSPS) is 20.2. The third-order valence-electron chi connectivity index (χ3n) is 1.66. The molecule has 0 amide bonds. The van der Waals surface area contributed by atoms with E-state index in [0.29, 0.717) is 5.57 Å². The molecule has 12 heavy (non-hydrogen) atoms. The van der Waals surface area contributed by atoms with Crippen molar-refractivity contribution in [3.63, 3.8) is 0 Å². The zero-order chi connectivity index (χ0) is 8.97. The molecule has 0 fully saturated rings. The summed E-state index contributed by atoms with van der Waals surface area (Å²) in [5.41, 5.74) is 0.452. The summed E-state index contributed by atoms with van der Waals surface area (Å²) in [5, 5.41) is 25.7. The maximum Gasteiger partial charge on any atom is 0.315 e. The first-order valence-electron chi connectivity index (χ1n) is 3.41. The van der Waals surface area contributed by atoms with Gasteiger partial charge in [-0.2, -0.15) is 10.5 Å². The third kappa shape index (κ3) is 1.36. The molecular formula is C8H4BN3. The predicted octanol–water partition coefficient (Wildman–Crippen LogP) is 0.997. The van der Waals surface area contributed by atoms with Gasteiger partial charge in [-0.05, 0) is 6.08 Å². The number of rotatable bonds is 0. The fraction of sp³-hybridized carbons (Fsp3) is 0.125. The summed E-state index contributed by atoms with van der Waals surface area (Å²) >= 11 is 0. The van der Waals surface area contributed by atoms with Gasteiger partial charge in [0.15, 0.2) is 0 Å². The van der Waals surface area contributed by atoms with Gasteiger partial charge in [0.1, 0.15) is 0 Å². The largest absolute Gasteiger partial charge is 0.315 e. The number of hydrogen-bond acceptors (Lipinski definition) is 3. The van der Waals surface area contributed by atoms with Crippen molar-refractivity contribution in [1.82, 2.24) is 0 Å². The van der Waals surface area contributed by atoms with Gasteiger partial charge in [0.2, 0.25) is 0 Å². The van der Waals surface area contributed by atoms with Gasteiger partial charge < -0.3 is 0 Å². The van der Waals surface area contributed by atoms with Crippen LogP contribution in [0.3, 0.4) is 0 Å². The lowest BCUT2D eigenvalue weighted by Crippen LogP contribution is -2.16. The van der Waals surface area contributed by atoms with E-state index in [0.717, 1.165) is 0 Å². The highest BCUT2D eigenvalue weighted by molar-refractivity contribution is 6.75. The minimum absolute atomic E-state index is 0.410. The predicted molar refractivity (Wildman–Crippen MR) is 43.6 cm³/mol. The lowest BCUT2D eigenvalue weighted by molar-refractivity contribution is 1.29. The highest BCUT2D eigenvalue weighted by atomic mass is 14.3. The van der Waals surface area contributed by atoms with Crippen molar-refractivity contribution in [2.75, 3.05) is 0 Å². The minimum atomic E-state index is -0.477. The Morgan fingerprint density at radius 2 is 2.08 bits per heavy atom. The van der Waals surface area contributed by atoms with E-state index in [1.807, 2.05) is 18.1 Å². The third-order valence-corrected chi connectivity index (χ3v) is 1.66. The summed E-state index contributed by atoms with van der Waals surface area (Å²) in [6, 6.07) is 3.91. The van der Waals surface area contributed by atoms with Crippen molar-refractivity contribution in [2.45, 2.75) is 5.82 Å². The lowest BCUT2D eigenvalue weighted by atomic mass is 9.41. The van der Waals surface area contributed by atoms with Gasteiger partial charge in [-0.1, -0.05) is 12.1 Å². The Bertz CT molecular complexity index is 361. The fourth-order valence-corrected chi connectivity index (χ4v) is 0.995. The Morgan fingerprint density at radius 1 is 1.33 bits per heavy atom. The van der Waals surface area contributed by atoms with Crippen LogP contribution in [0.15, 0.2) is 23.7 Å². The van der Waals surface area contributed by atoms with Crippen molar-refractivity contribution >= 4 is 6.71 Å². The molecule has 0 saturated heterocycles. The molecule has 1 aliphatic heterocycles. The first-order valence-corrected chi connectivity index (χ1v) is 3.41. The molecule has 0 aromatic carbocycles. The maximum absolute atomic E-state index is 8.62. The van der Waals surface area contributed by atoms with Gasteiger partial charge in [0.05, 0.1) is 18.0 Å². The van der Waals surface area contributed by atoms with Crippen molar-refractivity contribution in [3.8, 4) is 18.1 Å². The van der Waals surface area contributed by atoms with Crippen molar-refractivity contribution in [3.05, 3.63) is 23.7 Å². The summed E-state index contributed by atoms with van der Waals surface area (Å²) in [4.78, 5) is 0. The molecule has 0 bridgehead atoms. The maximum atomic E-state index is 8.62. The molecule has 0 N–H and O–H groups in total. The van der Waals surface area contributed by atoms with E-state index in [4.69, 9.17) is 15.8 Å². The second-order valence-electron chi connectivity index (χ2n) is 2.40. The molecule has 1 rings (SSSR count). The highest BCUT2D eigenvalue weighted by Crippen LogP contribution is 2.19. The SMILES string of the molecule is N#CB1C=C(C#N)C=CC1C#N. The molecule has 1 unspecified atom stereocenters. The Labute approximate surface area is 70.9 Å². The smallest absolute Gasteiger partial charge is 0.212 e. The Hall–Kier alpha value is -1.99. The van der Waals surface area contributed by atoms with Crippen molar-refractivity contribution in [2.24, 2.45) is 0 Å². The van der Waals surface area contributed by atoms with Gasteiger partial charge in [-0.25, -0.2) is 5.26 Å². The first kappa shape index (κ1) is 8.11. The summed E-state index contributed by atoms with van der Waals surface area (Å²) in [6.45, 7) is -0.477. The number of allylic oxidation sites excluding steroid dienone is 3. The molecule has 1 heterocycles. The van der Waals surface area contributed by atoms with Crippen LogP contribution >= 0.6 is 0 Å². The van der Waals surface area contributed by atoms with Crippen LogP contribution in [0.1, 0.15) is 0 Å². The average Bonchev–Trinajstić information content (AvgIpc) is 2.16. The molecule has 4 heteroatoms. The first-order chi connectivity index (χ1) is 5.81. The van der Waals surface area contributed by atoms with Gasteiger partial charge in [0, 0.05) is 11.5 Å². The zero-order valence-corrected chi connectivity index (χ0v) is 6.23. The van der Waals surface area contributed by atoms with Crippen LogP contribution in [0.2, 0.25) is 5.82 Å². The van der Waals surface area contributed by atoms with Crippen molar-refractivity contribution < 1.29 is 0 Å². The molecule has 1 aliphatic rings. The molecule has 54 valence electrons. The van der Waals surface area contributed by atoms with E-state index >= 15 is 0 Å². The summed E-state index contributed by atoms with van der Waals surface area (Å²) in [7, 11) is 0. The Morgan fingerprint density at radius 3 is 2.58 bits per heavy atom. The Balaban J connectivity index is 2.94. The summed E-state index contributed by atoms with van der Waals surface area (Å²) in [5.74, 6) is 3.08. The van der Waals surface area contributed by atoms with Gasteiger partial charge in [0.25, 0.3) is 0 Å². The fourth-order valence-electron chi connectivity index (χ4n) is 0.995. The average molecular weight is 153 g/mol. The molecule has 0 spiro atoms.